The van der Waals surface area contributed by atoms with Gasteiger partial charge in [-0.1, -0.05) is 18.2 Å². The average Bonchev–Trinajstić information content (AvgIpc) is 2.61. The number of nitrogens with zero attached hydrogens (tertiary/aromatic N) is 2. The third-order valence-electron chi connectivity index (χ3n) is 3.95. The molecular formula is C17H20BrCl2N3O2. The molecule has 1 aromatic carbocycles. The second-order valence-corrected chi connectivity index (χ2v) is 6.27. The number of piperazine rings is 1. The molecule has 5 nitrogen and oxygen atoms in total. The number of halogens is 3. The first-order valence-electron chi connectivity index (χ1n) is 7.46. The van der Waals surface area contributed by atoms with E-state index < -0.39 is 0 Å². The number of hydrogen-bond acceptors (Lipinski definition) is 4. The van der Waals surface area contributed by atoms with E-state index in [2.05, 4.69) is 26.2 Å². The Labute approximate surface area is 168 Å². The highest BCUT2D eigenvalue weighted by atomic mass is 79.9. The van der Waals surface area contributed by atoms with Crippen molar-refractivity contribution in [2.75, 3.05) is 26.7 Å². The molecule has 25 heavy (non-hydrogen) atoms. The van der Waals surface area contributed by atoms with Gasteiger partial charge in [-0.2, -0.15) is 0 Å². The van der Waals surface area contributed by atoms with Crippen LogP contribution in [-0.4, -0.2) is 42.5 Å². The van der Waals surface area contributed by atoms with Crippen LogP contribution in [0.15, 0.2) is 47.2 Å². The lowest BCUT2D eigenvalue weighted by atomic mass is 10.0. The van der Waals surface area contributed by atoms with E-state index in [1.165, 1.54) is 0 Å². The Morgan fingerprint density at radius 3 is 2.80 bits per heavy atom. The fourth-order valence-corrected chi connectivity index (χ4v) is 3.23. The summed E-state index contributed by atoms with van der Waals surface area (Å²) in [5.41, 5.74) is 1.60. The van der Waals surface area contributed by atoms with Crippen LogP contribution in [0.4, 0.5) is 0 Å². The van der Waals surface area contributed by atoms with Crippen molar-refractivity contribution in [3.8, 4) is 5.75 Å². The third-order valence-corrected chi connectivity index (χ3v) is 4.39. The van der Waals surface area contributed by atoms with Gasteiger partial charge in [-0.15, -0.1) is 24.8 Å². The lowest BCUT2D eigenvalue weighted by Gasteiger charge is -2.37. The first-order valence-corrected chi connectivity index (χ1v) is 8.25. The summed E-state index contributed by atoms with van der Waals surface area (Å²) < 4.78 is 6.26. The van der Waals surface area contributed by atoms with Crippen LogP contribution in [0, 0.1) is 0 Å². The van der Waals surface area contributed by atoms with Gasteiger partial charge >= 0.3 is 0 Å². The molecule has 1 aromatic heterocycles. The molecule has 0 bridgehead atoms. The van der Waals surface area contributed by atoms with Crippen LogP contribution in [0.3, 0.4) is 0 Å². The molecule has 3 rings (SSSR count). The predicted octanol–water partition coefficient (Wildman–Crippen LogP) is 3.48. The molecule has 2 aromatic rings. The second-order valence-electron chi connectivity index (χ2n) is 5.35. The number of methoxy groups -OCH3 is 1. The van der Waals surface area contributed by atoms with Gasteiger partial charge in [0.05, 0.1) is 18.7 Å². The van der Waals surface area contributed by atoms with Crippen molar-refractivity contribution < 1.29 is 9.53 Å². The minimum atomic E-state index is -0.0635. The Hall–Kier alpha value is -1.34. The average molecular weight is 449 g/mol. The van der Waals surface area contributed by atoms with Crippen LogP contribution in [0.5, 0.6) is 5.75 Å². The van der Waals surface area contributed by atoms with Gasteiger partial charge in [0.1, 0.15) is 5.75 Å². The monoisotopic (exact) mass is 447 g/mol. The number of rotatable bonds is 3. The Morgan fingerprint density at radius 1 is 1.32 bits per heavy atom. The molecule has 8 heteroatoms. The number of benzene rings is 1. The van der Waals surface area contributed by atoms with Crippen LogP contribution in [-0.2, 0) is 0 Å². The molecule has 1 saturated heterocycles. The van der Waals surface area contributed by atoms with E-state index in [1.807, 2.05) is 29.2 Å². The number of carbonyl (C=O) groups is 1. The SMILES string of the molecule is COc1ccccc1C1CNCCN1C(=O)c1cncc(Br)c1.Cl.Cl. The van der Waals surface area contributed by atoms with E-state index in [9.17, 15) is 4.79 Å². The summed E-state index contributed by atoms with van der Waals surface area (Å²) in [6.07, 6.45) is 3.28. The topological polar surface area (TPSA) is 54.5 Å². The smallest absolute Gasteiger partial charge is 0.256 e. The standard InChI is InChI=1S/C17H18BrN3O2.2ClH/c1-23-16-5-3-2-4-14(16)15-11-19-6-7-21(15)17(22)12-8-13(18)10-20-9-12;;/h2-5,8-10,15,19H,6-7,11H2,1H3;2*1H. The highest BCUT2D eigenvalue weighted by Crippen LogP contribution is 2.31. The van der Waals surface area contributed by atoms with Crippen LogP contribution in [0.25, 0.3) is 0 Å². The van der Waals surface area contributed by atoms with Gasteiger partial charge in [0, 0.05) is 42.1 Å². The lowest BCUT2D eigenvalue weighted by molar-refractivity contribution is 0.0631. The molecule has 0 aliphatic carbocycles. The van der Waals surface area contributed by atoms with Crippen LogP contribution in [0.1, 0.15) is 22.0 Å². The number of nitrogens with one attached hydrogen (secondary N) is 1. The third kappa shape index (κ3) is 4.85. The van der Waals surface area contributed by atoms with Crippen LogP contribution in [0.2, 0.25) is 0 Å². The van der Waals surface area contributed by atoms with Gasteiger partial charge in [0.2, 0.25) is 0 Å². The molecule has 0 saturated carbocycles. The molecule has 136 valence electrons. The van der Waals surface area contributed by atoms with Gasteiger partial charge < -0.3 is 15.0 Å². The number of ether oxygens (including phenoxy) is 1. The molecule has 1 atom stereocenters. The van der Waals surface area contributed by atoms with E-state index in [1.54, 1.807) is 25.6 Å². The Bertz CT molecular complexity index is 718. The van der Waals surface area contributed by atoms with Crippen molar-refractivity contribution >= 4 is 46.7 Å². The summed E-state index contributed by atoms with van der Waals surface area (Å²) in [4.78, 5) is 18.9. The normalized spacial score (nSPS) is 16.4. The summed E-state index contributed by atoms with van der Waals surface area (Å²) in [5.74, 6) is 0.780. The van der Waals surface area contributed by atoms with Crippen molar-refractivity contribution in [2.24, 2.45) is 0 Å². The number of pyridine rings is 1. The van der Waals surface area contributed by atoms with Crippen LogP contribution < -0.4 is 10.1 Å². The molecule has 1 aliphatic rings. The quantitative estimate of drug-likeness (QED) is 0.780. The first kappa shape index (κ1) is 21.7. The molecule has 0 spiro atoms. The van der Waals surface area contributed by atoms with Crippen molar-refractivity contribution in [1.29, 1.82) is 0 Å². The van der Waals surface area contributed by atoms with Gasteiger partial charge in [-0.25, -0.2) is 0 Å². The second kappa shape index (κ2) is 9.97. The molecular weight excluding hydrogens is 429 g/mol. The van der Waals surface area contributed by atoms with E-state index in [0.717, 1.165) is 22.3 Å². The largest absolute Gasteiger partial charge is 0.496 e. The lowest BCUT2D eigenvalue weighted by Crippen LogP contribution is -2.48. The number of hydrogen-bond donors (Lipinski definition) is 1. The molecule has 1 amide bonds. The van der Waals surface area contributed by atoms with Crippen LogP contribution >= 0.6 is 40.7 Å². The summed E-state index contributed by atoms with van der Waals surface area (Å²) in [6.45, 7) is 2.13. The molecule has 0 radical (unpaired) electrons. The Morgan fingerprint density at radius 2 is 2.08 bits per heavy atom. The number of aromatic nitrogens is 1. The molecule has 1 fully saturated rings. The predicted molar refractivity (Wildman–Crippen MR) is 106 cm³/mol. The number of carbonyl (C=O) groups excluding carboxylic acids is 1. The number of para-hydroxylation sites is 1. The summed E-state index contributed by atoms with van der Waals surface area (Å²) in [5, 5.41) is 3.36. The molecule has 1 unspecified atom stereocenters. The Balaban J connectivity index is 0.00000156. The minimum absolute atomic E-state index is 0. The van der Waals surface area contributed by atoms with E-state index in [-0.39, 0.29) is 36.8 Å². The maximum atomic E-state index is 12.9. The van der Waals surface area contributed by atoms with Gasteiger partial charge in [0.25, 0.3) is 5.91 Å². The summed E-state index contributed by atoms with van der Waals surface area (Å²) in [7, 11) is 1.65. The first-order chi connectivity index (χ1) is 11.2. The zero-order valence-corrected chi connectivity index (χ0v) is 16.9. The van der Waals surface area contributed by atoms with Gasteiger partial charge in [-0.05, 0) is 28.1 Å². The Kier molecular flexibility index (Phi) is 8.65. The fourth-order valence-electron chi connectivity index (χ4n) is 2.86. The molecule has 1 aliphatic heterocycles. The van der Waals surface area contributed by atoms with E-state index in [4.69, 9.17) is 4.74 Å². The van der Waals surface area contributed by atoms with Crippen molar-refractivity contribution in [2.45, 2.75) is 6.04 Å². The fraction of sp³-hybridized carbons (Fsp3) is 0.294. The van der Waals surface area contributed by atoms with Gasteiger partial charge in [0.15, 0.2) is 0 Å². The maximum Gasteiger partial charge on any atom is 0.256 e. The van der Waals surface area contributed by atoms with E-state index in [0.29, 0.717) is 18.7 Å². The zero-order valence-electron chi connectivity index (χ0n) is 13.6. The highest BCUT2D eigenvalue weighted by Gasteiger charge is 2.30. The molecule has 2 heterocycles. The summed E-state index contributed by atoms with van der Waals surface area (Å²) >= 11 is 3.37. The maximum absolute atomic E-state index is 12.9. The van der Waals surface area contributed by atoms with Gasteiger partial charge in [-0.3, -0.25) is 9.78 Å². The minimum Gasteiger partial charge on any atom is -0.496 e. The van der Waals surface area contributed by atoms with Crippen molar-refractivity contribution in [1.82, 2.24) is 15.2 Å². The van der Waals surface area contributed by atoms with Crippen molar-refractivity contribution in [3.63, 3.8) is 0 Å². The highest BCUT2D eigenvalue weighted by molar-refractivity contribution is 9.10. The summed E-state index contributed by atoms with van der Waals surface area (Å²) in [6, 6.07) is 9.57. The van der Waals surface area contributed by atoms with Crippen molar-refractivity contribution in [3.05, 3.63) is 58.3 Å². The number of amides is 1. The zero-order chi connectivity index (χ0) is 16.2. The molecule has 1 N–H and O–H groups in total. The van der Waals surface area contributed by atoms with E-state index >= 15 is 0 Å².